The normalized spacial score (nSPS) is 9.18. The summed E-state index contributed by atoms with van der Waals surface area (Å²) in [5.74, 6) is 0. The van der Waals surface area contributed by atoms with Gasteiger partial charge in [0.25, 0.3) is 0 Å². The van der Waals surface area contributed by atoms with Crippen LogP contribution in [0, 0.1) is 16.2 Å². The van der Waals surface area contributed by atoms with Crippen molar-refractivity contribution in [1.29, 1.82) is 0 Å². The van der Waals surface area contributed by atoms with E-state index in [0.29, 0.717) is 5.69 Å². The molecule has 0 unspecified atom stereocenters. The quantitative estimate of drug-likeness (QED) is 0.538. The molecule has 0 atom stereocenters. The van der Waals surface area contributed by atoms with Crippen molar-refractivity contribution in [3.8, 4) is 0 Å². The Morgan fingerprint density at radius 2 is 1.82 bits per heavy atom. The molecular weight excluding hydrogens is 293 g/mol. The zero-order valence-electron chi connectivity index (χ0n) is 8.96. The van der Waals surface area contributed by atoms with Crippen molar-refractivity contribution in [2.75, 3.05) is 5.32 Å². The van der Waals surface area contributed by atoms with Crippen molar-refractivity contribution >= 4 is 17.1 Å². The number of non-ortho nitro benzene ring substituents is 1. The molecule has 83 valence electrons. The molecule has 0 spiro atoms. The number of anilines is 2. The molecule has 0 bridgehead atoms. The van der Waals surface area contributed by atoms with E-state index in [1.54, 1.807) is 6.07 Å². The van der Waals surface area contributed by atoms with E-state index < -0.39 is 4.92 Å². The van der Waals surface area contributed by atoms with Crippen LogP contribution >= 0.6 is 0 Å². The molecule has 2 aromatic carbocycles. The molecule has 0 heterocycles. The topological polar surface area (TPSA) is 55.2 Å². The maximum atomic E-state index is 10.6. The second-order valence-corrected chi connectivity index (χ2v) is 3.21. The van der Waals surface area contributed by atoms with Gasteiger partial charge in [-0.05, 0) is 12.1 Å². The van der Waals surface area contributed by atoms with Gasteiger partial charge >= 0.3 is 0 Å². The average molecular weight is 302 g/mol. The third kappa shape index (κ3) is 3.91. The summed E-state index contributed by atoms with van der Waals surface area (Å²) >= 11 is 0. The van der Waals surface area contributed by atoms with Gasteiger partial charge < -0.3 is 5.32 Å². The molecule has 0 aliphatic carbocycles. The van der Waals surface area contributed by atoms with Gasteiger partial charge in [0.2, 0.25) is 0 Å². The minimum Gasteiger partial charge on any atom is -0.378 e. The van der Waals surface area contributed by atoms with Gasteiger partial charge in [0.15, 0.2) is 5.69 Å². The second-order valence-electron chi connectivity index (χ2n) is 3.21. The molecule has 1 N–H and O–H groups in total. The molecule has 4 nitrogen and oxygen atoms in total. The third-order valence-corrected chi connectivity index (χ3v) is 2.05. The molecule has 0 aromatic heterocycles. The first-order valence-corrected chi connectivity index (χ1v) is 4.74. The van der Waals surface area contributed by atoms with Crippen LogP contribution in [0.25, 0.3) is 0 Å². The second kappa shape index (κ2) is 6.47. The van der Waals surface area contributed by atoms with Gasteiger partial charge in [-0.15, -0.1) is 12.1 Å². The molecule has 2 rings (SSSR count). The van der Waals surface area contributed by atoms with E-state index in [9.17, 15) is 10.1 Å². The Morgan fingerprint density at radius 1 is 1.12 bits per heavy atom. The Balaban J connectivity index is 0.00000144. The van der Waals surface area contributed by atoms with Crippen molar-refractivity contribution in [2.45, 2.75) is 0 Å². The van der Waals surface area contributed by atoms with Gasteiger partial charge in [0, 0.05) is 43.3 Å². The summed E-state index contributed by atoms with van der Waals surface area (Å²) in [6, 6.07) is 16.8. The van der Waals surface area contributed by atoms with Crippen LogP contribution in [-0.4, -0.2) is 4.92 Å². The first-order valence-electron chi connectivity index (χ1n) is 4.74. The van der Waals surface area contributed by atoms with Crippen LogP contribution in [-0.2, 0) is 32.7 Å². The number of nitrogens with one attached hydrogen (secondary N) is 1. The summed E-state index contributed by atoms with van der Waals surface area (Å²) in [6.07, 6.45) is 0. The van der Waals surface area contributed by atoms with Gasteiger partial charge in [-0.25, -0.2) is 0 Å². The Bertz CT molecular complexity index is 503. The van der Waals surface area contributed by atoms with Gasteiger partial charge in [-0.1, -0.05) is 30.0 Å². The average Bonchev–Trinajstić information content (AvgIpc) is 2.30. The molecule has 0 saturated carbocycles. The van der Waals surface area contributed by atoms with Gasteiger partial charge in [-0.2, -0.15) is 6.07 Å². The summed E-state index contributed by atoms with van der Waals surface area (Å²) in [4.78, 5) is 10.1. The van der Waals surface area contributed by atoms with Crippen LogP contribution in [0.2, 0.25) is 0 Å². The fourth-order valence-corrected chi connectivity index (χ4v) is 1.33. The summed E-state index contributed by atoms with van der Waals surface area (Å²) < 4.78 is 0. The standard InChI is InChI=1S/C12H9N2O2.Y/c15-14(16)12-8-4-7-11(9-12)13-10-5-2-1-3-6-10;/h1-7,9,13H;/q-1;. The fourth-order valence-electron chi connectivity index (χ4n) is 1.33. The zero-order valence-corrected chi connectivity index (χ0v) is 11.8. The summed E-state index contributed by atoms with van der Waals surface area (Å²) in [5.41, 5.74) is 1.53. The number of hydrogen-bond acceptors (Lipinski definition) is 3. The van der Waals surface area contributed by atoms with Crippen LogP contribution in [0.15, 0.2) is 48.5 Å². The number of rotatable bonds is 3. The molecule has 0 saturated heterocycles. The molecular formula is C12H9N2O2Y-. The molecule has 0 amide bonds. The molecule has 0 aliphatic heterocycles. The predicted molar refractivity (Wildman–Crippen MR) is 61.7 cm³/mol. The summed E-state index contributed by atoms with van der Waals surface area (Å²) in [7, 11) is 0. The SMILES string of the molecule is O=[N+]([O-])c1[c-]ccc(Nc2ccccc2)c1.[Y]. The van der Waals surface area contributed by atoms with Crippen LogP contribution in [0.5, 0.6) is 0 Å². The van der Waals surface area contributed by atoms with Crippen LogP contribution < -0.4 is 5.32 Å². The fraction of sp³-hybridized carbons (Fsp3) is 0. The Morgan fingerprint density at radius 3 is 2.47 bits per heavy atom. The number of nitro groups is 1. The summed E-state index contributed by atoms with van der Waals surface area (Å²) in [5, 5.41) is 13.6. The number of nitro benzene ring substituents is 1. The van der Waals surface area contributed by atoms with Crippen LogP contribution in [0.3, 0.4) is 0 Å². The predicted octanol–water partition coefficient (Wildman–Crippen LogP) is 3.14. The van der Waals surface area contributed by atoms with Crippen LogP contribution in [0.4, 0.5) is 17.1 Å². The van der Waals surface area contributed by atoms with Crippen molar-refractivity contribution < 1.29 is 37.6 Å². The minimum absolute atomic E-state index is 0. The van der Waals surface area contributed by atoms with E-state index >= 15 is 0 Å². The first-order chi connectivity index (χ1) is 7.75. The first kappa shape index (κ1) is 13.8. The molecule has 0 fully saturated rings. The number of nitrogens with zero attached hydrogens (tertiary/aromatic N) is 1. The van der Waals surface area contributed by atoms with Crippen molar-refractivity contribution in [3.05, 3.63) is 64.7 Å². The Kier molecular flexibility index (Phi) is 5.26. The van der Waals surface area contributed by atoms with E-state index in [2.05, 4.69) is 11.4 Å². The molecule has 17 heavy (non-hydrogen) atoms. The molecule has 5 heteroatoms. The minimum atomic E-state index is -0.462. The van der Waals surface area contributed by atoms with Crippen molar-refractivity contribution in [2.24, 2.45) is 0 Å². The maximum Gasteiger partial charge on any atom is 0.164 e. The number of para-hydroxylation sites is 1. The van der Waals surface area contributed by atoms with Crippen molar-refractivity contribution in [3.63, 3.8) is 0 Å². The van der Waals surface area contributed by atoms with E-state index in [1.807, 2.05) is 30.3 Å². The van der Waals surface area contributed by atoms with E-state index in [1.165, 1.54) is 12.1 Å². The van der Waals surface area contributed by atoms with Gasteiger partial charge in [-0.3, -0.25) is 10.1 Å². The number of hydrogen-bond donors (Lipinski definition) is 1. The van der Waals surface area contributed by atoms with Crippen LogP contribution in [0.1, 0.15) is 0 Å². The maximum absolute atomic E-state index is 10.6. The molecule has 2 aromatic rings. The largest absolute Gasteiger partial charge is 0.378 e. The van der Waals surface area contributed by atoms with Crippen molar-refractivity contribution in [1.82, 2.24) is 0 Å². The van der Waals surface area contributed by atoms with E-state index in [4.69, 9.17) is 0 Å². The molecule has 1 radical (unpaired) electrons. The molecule has 0 aliphatic rings. The number of benzene rings is 2. The smallest absolute Gasteiger partial charge is 0.164 e. The summed E-state index contributed by atoms with van der Waals surface area (Å²) in [6.45, 7) is 0. The van der Waals surface area contributed by atoms with Gasteiger partial charge in [0.1, 0.15) is 0 Å². The van der Waals surface area contributed by atoms with E-state index in [-0.39, 0.29) is 38.4 Å². The Hall–Kier alpha value is -1.26. The Labute approximate surface area is 124 Å². The third-order valence-electron chi connectivity index (χ3n) is 2.05. The monoisotopic (exact) mass is 302 g/mol. The van der Waals surface area contributed by atoms with E-state index in [0.717, 1.165) is 5.69 Å². The zero-order chi connectivity index (χ0) is 11.4. The van der Waals surface area contributed by atoms with Gasteiger partial charge in [0.05, 0.1) is 0 Å².